The molecule has 1 aliphatic heterocycles. The highest BCUT2D eigenvalue weighted by Gasteiger charge is 2.34. The number of carbonyl (C=O) groups is 1. The molecule has 0 fully saturated rings. The number of rotatable bonds is 9. The van der Waals surface area contributed by atoms with E-state index < -0.39 is 6.04 Å². The number of tetrazole rings is 1. The van der Waals surface area contributed by atoms with Gasteiger partial charge in [-0.05, 0) is 79.4 Å². The Morgan fingerprint density at radius 3 is 2.71 bits per heavy atom. The molecule has 2 heterocycles. The number of aromatic nitrogens is 4. The molecule has 1 aromatic heterocycles. The first-order chi connectivity index (χ1) is 16.9. The van der Waals surface area contributed by atoms with Gasteiger partial charge in [-0.15, -0.1) is 0 Å². The summed E-state index contributed by atoms with van der Waals surface area (Å²) in [5.74, 6) is 1.55. The van der Waals surface area contributed by atoms with Crippen molar-refractivity contribution in [2.75, 3.05) is 23.8 Å². The van der Waals surface area contributed by atoms with Crippen molar-refractivity contribution in [3.63, 3.8) is 0 Å². The third kappa shape index (κ3) is 4.99. The van der Waals surface area contributed by atoms with Gasteiger partial charge in [-0.2, -0.15) is 4.68 Å². The Morgan fingerprint density at radius 2 is 1.94 bits per heavy atom. The van der Waals surface area contributed by atoms with E-state index in [4.69, 9.17) is 9.47 Å². The molecule has 35 heavy (non-hydrogen) atoms. The standard InChI is InChI=1S/C26H32N6O3/c1-6-8-14-35-21-13-12-19(15-22(21)34-7-2)24-23(18(5)27-26-29-30-31-32(24)26)25(33)28-20-11-9-10-16(3)17(20)4/h9-13,15,24H,6-8,14H2,1-5H3,(H,28,33)(H,27,29,31). The van der Waals surface area contributed by atoms with Gasteiger partial charge >= 0.3 is 0 Å². The summed E-state index contributed by atoms with van der Waals surface area (Å²) in [7, 11) is 0. The van der Waals surface area contributed by atoms with Gasteiger partial charge in [-0.3, -0.25) is 4.79 Å². The number of fused-ring (bicyclic) bond motifs is 1. The average Bonchev–Trinajstić information content (AvgIpc) is 3.30. The zero-order chi connectivity index (χ0) is 24.9. The molecule has 0 saturated heterocycles. The molecule has 9 heteroatoms. The fourth-order valence-corrected chi connectivity index (χ4v) is 4.10. The van der Waals surface area contributed by atoms with Crippen LogP contribution in [0.25, 0.3) is 0 Å². The molecule has 2 N–H and O–H groups in total. The topological polar surface area (TPSA) is 103 Å². The number of amides is 1. The number of unbranched alkanes of at least 4 members (excludes halogenated alkanes) is 1. The van der Waals surface area contributed by atoms with Crippen LogP contribution in [0.4, 0.5) is 11.6 Å². The summed E-state index contributed by atoms with van der Waals surface area (Å²) >= 11 is 0. The van der Waals surface area contributed by atoms with Gasteiger partial charge in [-0.1, -0.05) is 36.6 Å². The highest BCUT2D eigenvalue weighted by molar-refractivity contribution is 6.06. The highest BCUT2D eigenvalue weighted by Crippen LogP contribution is 2.39. The molecule has 4 rings (SSSR count). The quantitative estimate of drug-likeness (QED) is 0.428. The summed E-state index contributed by atoms with van der Waals surface area (Å²) in [6.07, 6.45) is 2.00. The zero-order valence-electron chi connectivity index (χ0n) is 20.9. The summed E-state index contributed by atoms with van der Waals surface area (Å²) in [5.41, 5.74) is 4.92. The molecular formula is C26H32N6O3. The van der Waals surface area contributed by atoms with E-state index in [-0.39, 0.29) is 5.91 Å². The van der Waals surface area contributed by atoms with Crippen molar-refractivity contribution < 1.29 is 14.3 Å². The van der Waals surface area contributed by atoms with Gasteiger partial charge in [-0.25, -0.2) is 0 Å². The van der Waals surface area contributed by atoms with Crippen molar-refractivity contribution in [2.45, 2.75) is 53.5 Å². The molecule has 1 amide bonds. The van der Waals surface area contributed by atoms with Crippen LogP contribution in [0.1, 0.15) is 56.3 Å². The molecule has 0 saturated carbocycles. The fraction of sp³-hybridized carbons (Fsp3) is 0.385. The summed E-state index contributed by atoms with van der Waals surface area (Å²) in [5, 5.41) is 18.3. The third-order valence-electron chi connectivity index (χ3n) is 6.15. The van der Waals surface area contributed by atoms with Crippen molar-refractivity contribution in [3.8, 4) is 11.5 Å². The second kappa shape index (κ2) is 10.6. The number of anilines is 2. The molecule has 0 aliphatic carbocycles. The molecule has 2 aromatic carbocycles. The van der Waals surface area contributed by atoms with E-state index in [1.54, 1.807) is 4.68 Å². The molecule has 0 radical (unpaired) electrons. The Labute approximate surface area is 205 Å². The van der Waals surface area contributed by atoms with Crippen LogP contribution in [0.2, 0.25) is 0 Å². The van der Waals surface area contributed by atoms with Gasteiger partial charge in [0.2, 0.25) is 5.95 Å². The minimum absolute atomic E-state index is 0.226. The third-order valence-corrected chi connectivity index (χ3v) is 6.15. The Bertz CT molecular complexity index is 1250. The Balaban J connectivity index is 1.74. The van der Waals surface area contributed by atoms with Gasteiger partial charge in [0.05, 0.1) is 18.8 Å². The van der Waals surface area contributed by atoms with Crippen LogP contribution >= 0.6 is 0 Å². The number of carbonyl (C=O) groups excluding carboxylic acids is 1. The van der Waals surface area contributed by atoms with Crippen molar-refractivity contribution in [3.05, 3.63) is 64.4 Å². The predicted octanol–water partition coefficient (Wildman–Crippen LogP) is 4.80. The molecule has 3 aromatic rings. The first kappa shape index (κ1) is 24.3. The Hall–Kier alpha value is -3.88. The number of hydrogen-bond donors (Lipinski definition) is 2. The lowest BCUT2D eigenvalue weighted by molar-refractivity contribution is -0.113. The summed E-state index contributed by atoms with van der Waals surface area (Å²) < 4.78 is 13.5. The second-order valence-electron chi connectivity index (χ2n) is 8.56. The first-order valence-corrected chi connectivity index (χ1v) is 12.0. The Kier molecular flexibility index (Phi) is 7.33. The van der Waals surface area contributed by atoms with Crippen molar-refractivity contribution in [1.29, 1.82) is 0 Å². The number of aryl methyl sites for hydroxylation is 1. The van der Waals surface area contributed by atoms with Crippen LogP contribution < -0.4 is 20.1 Å². The van der Waals surface area contributed by atoms with Gasteiger partial charge in [0.1, 0.15) is 6.04 Å². The number of ether oxygens (including phenoxy) is 2. The van der Waals surface area contributed by atoms with E-state index in [1.165, 1.54) is 0 Å². The van der Waals surface area contributed by atoms with Crippen LogP contribution in [0, 0.1) is 13.8 Å². The van der Waals surface area contributed by atoms with Crippen LogP contribution in [0.5, 0.6) is 11.5 Å². The van der Waals surface area contributed by atoms with E-state index in [2.05, 4.69) is 33.1 Å². The van der Waals surface area contributed by atoms with Gasteiger partial charge < -0.3 is 20.1 Å². The number of nitrogens with zero attached hydrogens (tertiary/aromatic N) is 4. The van der Waals surface area contributed by atoms with Crippen LogP contribution in [0.15, 0.2) is 47.7 Å². The summed E-state index contributed by atoms with van der Waals surface area (Å²) in [6, 6.07) is 11.0. The van der Waals surface area contributed by atoms with Crippen LogP contribution in [-0.2, 0) is 4.79 Å². The fourth-order valence-electron chi connectivity index (χ4n) is 4.10. The van der Waals surface area contributed by atoms with E-state index >= 15 is 0 Å². The average molecular weight is 477 g/mol. The van der Waals surface area contributed by atoms with Crippen LogP contribution in [0.3, 0.4) is 0 Å². The number of hydrogen-bond acceptors (Lipinski definition) is 7. The van der Waals surface area contributed by atoms with E-state index in [9.17, 15) is 4.79 Å². The zero-order valence-corrected chi connectivity index (χ0v) is 20.9. The molecule has 9 nitrogen and oxygen atoms in total. The molecule has 184 valence electrons. The minimum atomic E-state index is -0.546. The second-order valence-corrected chi connectivity index (χ2v) is 8.56. The number of nitrogens with one attached hydrogen (secondary N) is 2. The summed E-state index contributed by atoms with van der Waals surface area (Å²) in [4.78, 5) is 13.7. The largest absolute Gasteiger partial charge is 0.490 e. The molecule has 1 aliphatic rings. The summed E-state index contributed by atoms with van der Waals surface area (Å²) in [6.45, 7) is 11.0. The van der Waals surface area contributed by atoms with Crippen LogP contribution in [-0.4, -0.2) is 39.3 Å². The first-order valence-electron chi connectivity index (χ1n) is 12.0. The maximum atomic E-state index is 13.7. The maximum absolute atomic E-state index is 13.7. The highest BCUT2D eigenvalue weighted by atomic mass is 16.5. The molecule has 1 unspecified atom stereocenters. The van der Waals surface area contributed by atoms with Crippen molar-refractivity contribution in [1.82, 2.24) is 20.2 Å². The molecule has 0 bridgehead atoms. The van der Waals surface area contributed by atoms with Gasteiger partial charge in [0.15, 0.2) is 11.5 Å². The van der Waals surface area contributed by atoms with Crippen molar-refractivity contribution in [2.24, 2.45) is 0 Å². The van der Waals surface area contributed by atoms with Gasteiger partial charge in [0, 0.05) is 11.4 Å². The van der Waals surface area contributed by atoms with Gasteiger partial charge in [0.25, 0.3) is 5.91 Å². The Morgan fingerprint density at radius 1 is 1.11 bits per heavy atom. The normalized spacial score (nSPS) is 14.8. The lowest BCUT2D eigenvalue weighted by Gasteiger charge is -2.28. The molecule has 0 spiro atoms. The number of benzene rings is 2. The smallest absolute Gasteiger partial charge is 0.255 e. The van der Waals surface area contributed by atoms with Crippen molar-refractivity contribution >= 4 is 17.5 Å². The lowest BCUT2D eigenvalue weighted by Crippen LogP contribution is -2.31. The molecular weight excluding hydrogens is 444 g/mol. The predicted molar refractivity (Wildman–Crippen MR) is 135 cm³/mol. The number of allylic oxidation sites excluding steroid dienone is 1. The lowest BCUT2D eigenvalue weighted by atomic mass is 9.94. The minimum Gasteiger partial charge on any atom is -0.490 e. The van der Waals surface area contributed by atoms with E-state index in [0.717, 1.165) is 35.2 Å². The maximum Gasteiger partial charge on any atom is 0.255 e. The molecule has 1 atom stereocenters. The van der Waals surface area contributed by atoms with E-state index in [1.807, 2.05) is 64.1 Å². The monoisotopic (exact) mass is 476 g/mol. The SMILES string of the molecule is CCCCOc1ccc(C2C(C(=O)Nc3cccc(C)c3C)=C(C)Nc3nnnn32)cc1OCC. The van der Waals surface area contributed by atoms with E-state index in [0.29, 0.717) is 41.9 Å².